The first-order valence-corrected chi connectivity index (χ1v) is 11.2. The standard InChI is InChI=1S/C26H23Cl2F3N2O/c1-16-10-20(13-21(27)11-16)23(26(29,30)31)8-5-18-4-7-22(17(2)12-18)25(34)33(3)15-19-6-9-24(28)32-14-19/h4-14,23H,15H2,1-3H3/b8-5+. The SMILES string of the molecule is Cc1cc(Cl)cc(C(/C=C/c2ccc(C(=O)N(C)Cc3ccc(Cl)nc3)c(C)c2)C(F)(F)F)c1. The first-order chi connectivity index (χ1) is 15.9. The van der Waals surface area contributed by atoms with E-state index >= 15 is 0 Å². The summed E-state index contributed by atoms with van der Waals surface area (Å²) in [6.07, 6.45) is -0.344. The Kier molecular flexibility index (Phi) is 8.05. The van der Waals surface area contributed by atoms with E-state index in [1.807, 2.05) is 0 Å². The highest BCUT2D eigenvalue weighted by Gasteiger charge is 2.39. The van der Waals surface area contributed by atoms with Gasteiger partial charge in [0, 0.05) is 30.4 Å². The summed E-state index contributed by atoms with van der Waals surface area (Å²) in [4.78, 5) is 18.4. The van der Waals surface area contributed by atoms with E-state index in [1.54, 1.807) is 68.4 Å². The van der Waals surface area contributed by atoms with Gasteiger partial charge in [0.25, 0.3) is 5.91 Å². The Morgan fingerprint density at radius 2 is 1.82 bits per heavy atom. The quantitative estimate of drug-likeness (QED) is 0.322. The number of rotatable bonds is 6. The molecule has 3 rings (SSSR count). The van der Waals surface area contributed by atoms with E-state index in [9.17, 15) is 18.0 Å². The van der Waals surface area contributed by atoms with Gasteiger partial charge in [0.05, 0.1) is 5.92 Å². The third-order valence-corrected chi connectivity index (χ3v) is 5.74. The highest BCUT2D eigenvalue weighted by Crippen LogP contribution is 2.37. The molecule has 0 aliphatic rings. The molecule has 178 valence electrons. The van der Waals surface area contributed by atoms with Gasteiger partial charge in [-0.15, -0.1) is 0 Å². The molecule has 34 heavy (non-hydrogen) atoms. The fraction of sp³-hybridized carbons (Fsp3) is 0.231. The maximum absolute atomic E-state index is 13.8. The average molecular weight is 507 g/mol. The zero-order valence-electron chi connectivity index (χ0n) is 18.8. The average Bonchev–Trinajstić information content (AvgIpc) is 2.73. The van der Waals surface area contributed by atoms with Gasteiger partial charge in [-0.05, 0) is 65.9 Å². The molecule has 0 saturated carbocycles. The van der Waals surface area contributed by atoms with Gasteiger partial charge in [-0.3, -0.25) is 4.79 Å². The lowest BCUT2D eigenvalue weighted by molar-refractivity contribution is -0.139. The minimum Gasteiger partial charge on any atom is -0.337 e. The van der Waals surface area contributed by atoms with Crippen LogP contribution in [0.25, 0.3) is 6.08 Å². The van der Waals surface area contributed by atoms with Crippen LogP contribution in [0, 0.1) is 13.8 Å². The highest BCUT2D eigenvalue weighted by atomic mass is 35.5. The smallest absolute Gasteiger partial charge is 0.337 e. The number of carbonyl (C=O) groups is 1. The lowest BCUT2D eigenvalue weighted by Crippen LogP contribution is -2.26. The van der Waals surface area contributed by atoms with Gasteiger partial charge >= 0.3 is 6.18 Å². The second-order valence-electron chi connectivity index (χ2n) is 8.17. The van der Waals surface area contributed by atoms with E-state index in [0.29, 0.717) is 34.0 Å². The molecule has 0 saturated heterocycles. The molecule has 0 spiro atoms. The van der Waals surface area contributed by atoms with Crippen molar-refractivity contribution < 1.29 is 18.0 Å². The third-order valence-electron chi connectivity index (χ3n) is 5.29. The van der Waals surface area contributed by atoms with E-state index in [-0.39, 0.29) is 16.5 Å². The van der Waals surface area contributed by atoms with Crippen molar-refractivity contribution in [3.05, 3.63) is 104 Å². The Hall–Kier alpha value is -2.83. The number of alkyl halides is 3. The Balaban J connectivity index is 1.80. The van der Waals surface area contributed by atoms with Crippen LogP contribution in [0.2, 0.25) is 10.2 Å². The summed E-state index contributed by atoms with van der Waals surface area (Å²) in [5.41, 5.74) is 3.26. The summed E-state index contributed by atoms with van der Waals surface area (Å²) >= 11 is 11.8. The molecular weight excluding hydrogens is 484 g/mol. The third kappa shape index (κ3) is 6.61. The molecule has 0 aliphatic carbocycles. The lowest BCUT2D eigenvalue weighted by Gasteiger charge is -2.19. The normalized spacial score (nSPS) is 12.7. The van der Waals surface area contributed by atoms with Crippen LogP contribution >= 0.6 is 23.2 Å². The first kappa shape index (κ1) is 25.8. The maximum Gasteiger partial charge on any atom is 0.399 e. The zero-order valence-corrected chi connectivity index (χ0v) is 20.3. The summed E-state index contributed by atoms with van der Waals surface area (Å²) < 4.78 is 41.3. The number of hydrogen-bond donors (Lipinski definition) is 0. The maximum atomic E-state index is 13.8. The molecule has 1 aromatic heterocycles. The fourth-order valence-electron chi connectivity index (χ4n) is 3.64. The number of amides is 1. The molecule has 3 nitrogen and oxygen atoms in total. The van der Waals surface area contributed by atoms with Crippen molar-refractivity contribution in [2.45, 2.75) is 32.5 Å². The topological polar surface area (TPSA) is 33.2 Å². The molecule has 1 heterocycles. The minimum absolute atomic E-state index is 0.0792. The Morgan fingerprint density at radius 1 is 1.09 bits per heavy atom. The van der Waals surface area contributed by atoms with Crippen LogP contribution in [0.3, 0.4) is 0 Å². The van der Waals surface area contributed by atoms with Crippen LogP contribution in [0.4, 0.5) is 13.2 Å². The minimum atomic E-state index is -4.47. The van der Waals surface area contributed by atoms with Crippen molar-refractivity contribution in [2.24, 2.45) is 0 Å². The van der Waals surface area contributed by atoms with Crippen LogP contribution in [0.15, 0.2) is 60.8 Å². The zero-order chi connectivity index (χ0) is 25.0. The van der Waals surface area contributed by atoms with Crippen LogP contribution in [0.5, 0.6) is 0 Å². The van der Waals surface area contributed by atoms with Crippen LogP contribution < -0.4 is 0 Å². The second kappa shape index (κ2) is 10.6. The molecule has 0 N–H and O–H groups in total. The summed E-state index contributed by atoms with van der Waals surface area (Å²) in [6, 6.07) is 12.8. The molecule has 1 atom stereocenters. The van der Waals surface area contributed by atoms with E-state index in [1.165, 1.54) is 18.2 Å². The molecule has 1 amide bonds. The van der Waals surface area contributed by atoms with Crippen molar-refractivity contribution >= 4 is 35.2 Å². The second-order valence-corrected chi connectivity index (χ2v) is 8.99. The fourth-order valence-corrected chi connectivity index (χ4v) is 4.05. The molecular formula is C26H23Cl2F3N2O. The largest absolute Gasteiger partial charge is 0.399 e. The van der Waals surface area contributed by atoms with Gasteiger partial charge < -0.3 is 4.90 Å². The predicted octanol–water partition coefficient (Wildman–Crippen LogP) is 7.64. The van der Waals surface area contributed by atoms with Crippen molar-refractivity contribution in [1.82, 2.24) is 9.88 Å². The number of aryl methyl sites for hydroxylation is 2. The molecule has 0 fully saturated rings. The number of aromatic nitrogens is 1. The lowest BCUT2D eigenvalue weighted by atomic mass is 9.95. The molecule has 2 aromatic carbocycles. The van der Waals surface area contributed by atoms with Crippen molar-refractivity contribution in [3.63, 3.8) is 0 Å². The Morgan fingerprint density at radius 3 is 2.41 bits per heavy atom. The molecule has 0 aliphatic heterocycles. The van der Waals surface area contributed by atoms with Crippen molar-refractivity contribution in [3.8, 4) is 0 Å². The van der Waals surface area contributed by atoms with Gasteiger partial charge in [-0.25, -0.2) is 4.98 Å². The number of benzene rings is 2. The van der Waals surface area contributed by atoms with Crippen LogP contribution in [-0.2, 0) is 6.54 Å². The number of halogens is 5. The van der Waals surface area contributed by atoms with Gasteiger partial charge in [-0.1, -0.05) is 59.6 Å². The monoisotopic (exact) mass is 506 g/mol. The van der Waals surface area contributed by atoms with Gasteiger partial charge in [0.2, 0.25) is 0 Å². The summed E-state index contributed by atoms with van der Waals surface area (Å²) in [6.45, 7) is 3.80. The summed E-state index contributed by atoms with van der Waals surface area (Å²) in [5, 5.41) is 0.630. The molecule has 8 heteroatoms. The van der Waals surface area contributed by atoms with E-state index in [4.69, 9.17) is 23.2 Å². The number of hydrogen-bond acceptors (Lipinski definition) is 2. The number of nitrogens with zero attached hydrogens (tertiary/aromatic N) is 2. The Labute approximate surface area is 206 Å². The first-order valence-electron chi connectivity index (χ1n) is 10.4. The predicted molar refractivity (Wildman–Crippen MR) is 130 cm³/mol. The number of pyridine rings is 1. The van der Waals surface area contributed by atoms with Gasteiger partial charge in [0.1, 0.15) is 5.15 Å². The highest BCUT2D eigenvalue weighted by molar-refractivity contribution is 6.30. The van der Waals surface area contributed by atoms with E-state index < -0.39 is 12.1 Å². The number of carbonyl (C=O) groups excluding carboxylic acids is 1. The van der Waals surface area contributed by atoms with Crippen molar-refractivity contribution in [2.75, 3.05) is 7.05 Å². The molecule has 3 aromatic rings. The van der Waals surface area contributed by atoms with Crippen molar-refractivity contribution in [1.29, 1.82) is 0 Å². The van der Waals surface area contributed by atoms with E-state index in [0.717, 1.165) is 11.6 Å². The van der Waals surface area contributed by atoms with Gasteiger partial charge in [0.15, 0.2) is 0 Å². The summed E-state index contributed by atoms with van der Waals surface area (Å²) in [7, 11) is 1.67. The number of allylic oxidation sites excluding steroid dienone is 1. The van der Waals surface area contributed by atoms with Crippen LogP contribution in [0.1, 0.15) is 44.1 Å². The van der Waals surface area contributed by atoms with Crippen LogP contribution in [-0.4, -0.2) is 29.0 Å². The summed E-state index contributed by atoms with van der Waals surface area (Å²) in [5.74, 6) is -2.00. The molecule has 0 bridgehead atoms. The molecule has 0 radical (unpaired) electrons. The Bertz CT molecular complexity index is 1190. The van der Waals surface area contributed by atoms with E-state index in [2.05, 4.69) is 4.98 Å². The van der Waals surface area contributed by atoms with Gasteiger partial charge in [-0.2, -0.15) is 13.2 Å². The molecule has 1 unspecified atom stereocenters.